The number of hydrogen-bond donors (Lipinski definition) is 0. The zero-order valence-electron chi connectivity index (χ0n) is 21.1. The molecule has 1 nitrogen and oxygen atoms in total. The van der Waals surface area contributed by atoms with E-state index in [4.69, 9.17) is 0 Å². The summed E-state index contributed by atoms with van der Waals surface area (Å²) in [7, 11) is 0. The van der Waals surface area contributed by atoms with Crippen LogP contribution in [0.5, 0.6) is 0 Å². The normalized spacial score (nSPS) is 20.5. The molecular weight excluding hydrogens is 376 g/mol. The minimum absolute atomic E-state index is 0.478. The molecule has 0 heterocycles. The molecule has 0 aliphatic heterocycles. The molecule has 0 bridgehead atoms. The molecule has 3 unspecified atom stereocenters. The van der Waals surface area contributed by atoms with E-state index in [1.807, 2.05) is 0 Å². The minimum Gasteiger partial charge on any atom is -0.300 e. The van der Waals surface area contributed by atoms with Crippen molar-refractivity contribution in [2.45, 2.75) is 130 Å². The van der Waals surface area contributed by atoms with Gasteiger partial charge in [-0.3, -0.25) is 4.79 Å². The lowest BCUT2D eigenvalue weighted by Gasteiger charge is -2.09. The van der Waals surface area contributed by atoms with Gasteiger partial charge in [0.1, 0.15) is 5.78 Å². The number of carbonyl (C=O) groups excluding carboxylic acids is 1. The highest BCUT2D eigenvalue weighted by molar-refractivity contribution is 5.78. The second-order valence-electron chi connectivity index (χ2n) is 9.95. The van der Waals surface area contributed by atoms with Gasteiger partial charge in [-0.1, -0.05) is 82.9 Å². The van der Waals surface area contributed by atoms with Crippen LogP contribution in [0.4, 0.5) is 0 Å². The van der Waals surface area contributed by atoms with Gasteiger partial charge in [-0.2, -0.15) is 0 Å². The van der Waals surface area contributed by atoms with Crippen LogP contribution in [-0.4, -0.2) is 5.78 Å². The highest BCUT2D eigenvalue weighted by Gasteiger charge is 2.23. The van der Waals surface area contributed by atoms with E-state index in [-0.39, 0.29) is 0 Å². The largest absolute Gasteiger partial charge is 0.300 e. The van der Waals surface area contributed by atoms with Crippen LogP contribution in [0.2, 0.25) is 0 Å². The Morgan fingerprint density at radius 2 is 1.45 bits per heavy atom. The third-order valence-corrected chi connectivity index (χ3v) is 7.08. The summed E-state index contributed by atoms with van der Waals surface area (Å²) in [4.78, 5) is 11.9. The lowest BCUT2D eigenvalue weighted by Crippen LogP contribution is -2.01. The molecule has 0 aromatic rings. The van der Waals surface area contributed by atoms with Crippen molar-refractivity contribution >= 4 is 5.78 Å². The van der Waals surface area contributed by atoms with Crippen molar-refractivity contribution in [1.82, 2.24) is 0 Å². The summed E-state index contributed by atoms with van der Waals surface area (Å²) in [5.41, 5.74) is 0. The van der Waals surface area contributed by atoms with Crippen LogP contribution in [-0.2, 0) is 4.79 Å². The fourth-order valence-corrected chi connectivity index (χ4v) is 4.66. The number of rotatable bonds is 19. The van der Waals surface area contributed by atoms with E-state index >= 15 is 0 Å². The molecule has 0 aromatic carbocycles. The van der Waals surface area contributed by atoms with Crippen molar-refractivity contribution in [3.8, 4) is 0 Å². The Hall–Kier alpha value is -1.11. The maximum atomic E-state index is 11.9. The molecular formula is C30H52O. The second kappa shape index (κ2) is 19.6. The quantitative estimate of drug-likeness (QED) is 0.148. The van der Waals surface area contributed by atoms with Crippen molar-refractivity contribution in [2.75, 3.05) is 0 Å². The average Bonchev–Trinajstić information content (AvgIpc) is 3.23. The van der Waals surface area contributed by atoms with Gasteiger partial charge in [-0.25, -0.2) is 0 Å². The molecule has 0 spiro atoms. The van der Waals surface area contributed by atoms with Gasteiger partial charge in [0.15, 0.2) is 0 Å². The van der Waals surface area contributed by atoms with Crippen LogP contribution in [0.15, 0.2) is 36.5 Å². The fraction of sp³-hybridized carbons (Fsp3) is 0.767. The lowest BCUT2D eigenvalue weighted by molar-refractivity contribution is -0.119. The van der Waals surface area contributed by atoms with Crippen LogP contribution in [0.3, 0.4) is 0 Å². The Kier molecular flexibility index (Phi) is 17.6. The summed E-state index contributed by atoms with van der Waals surface area (Å²) >= 11 is 0. The number of ketones is 1. The molecule has 0 aromatic heterocycles. The molecule has 1 rings (SSSR count). The smallest absolute Gasteiger partial charge is 0.132 e. The van der Waals surface area contributed by atoms with Crippen LogP contribution in [0.25, 0.3) is 0 Å². The first-order valence-electron chi connectivity index (χ1n) is 13.6. The van der Waals surface area contributed by atoms with Gasteiger partial charge in [0.05, 0.1) is 0 Å². The standard InChI is InChI=1S/C30H52O/c1-4-6-7-8-10-13-16-19-28-23-24-29(26-28)20-17-14-11-9-12-15-18-21-30(31)25-22-27(3)5-2/h6-7,10-11,13-14,27-29H,4-5,8-9,12,15-26H2,1-3H3/b7-6-,13-10-,14-11-. The first-order valence-corrected chi connectivity index (χ1v) is 13.6. The highest BCUT2D eigenvalue weighted by atomic mass is 16.1. The molecule has 3 atom stereocenters. The summed E-state index contributed by atoms with van der Waals surface area (Å²) < 4.78 is 0. The predicted octanol–water partition coefficient (Wildman–Crippen LogP) is 9.78. The third-order valence-electron chi connectivity index (χ3n) is 7.08. The summed E-state index contributed by atoms with van der Waals surface area (Å²) in [6, 6.07) is 0. The monoisotopic (exact) mass is 428 g/mol. The van der Waals surface area contributed by atoms with E-state index in [0.717, 1.165) is 50.4 Å². The van der Waals surface area contributed by atoms with Gasteiger partial charge in [0.25, 0.3) is 0 Å². The minimum atomic E-state index is 0.478. The maximum absolute atomic E-state index is 11.9. The second-order valence-corrected chi connectivity index (χ2v) is 9.95. The Bertz CT molecular complexity index is 513. The van der Waals surface area contributed by atoms with Gasteiger partial charge in [0.2, 0.25) is 0 Å². The molecule has 178 valence electrons. The van der Waals surface area contributed by atoms with Gasteiger partial charge in [-0.05, 0) is 88.4 Å². The molecule has 0 N–H and O–H groups in total. The van der Waals surface area contributed by atoms with Crippen molar-refractivity contribution in [2.24, 2.45) is 17.8 Å². The van der Waals surface area contributed by atoms with Crippen molar-refractivity contribution < 1.29 is 4.79 Å². The number of unbranched alkanes of at least 4 members (excludes halogenated alkanes) is 3. The van der Waals surface area contributed by atoms with Gasteiger partial charge < -0.3 is 0 Å². The van der Waals surface area contributed by atoms with Gasteiger partial charge in [0, 0.05) is 12.8 Å². The van der Waals surface area contributed by atoms with Crippen LogP contribution >= 0.6 is 0 Å². The van der Waals surface area contributed by atoms with E-state index in [2.05, 4.69) is 57.2 Å². The Labute approximate surface area is 194 Å². The van der Waals surface area contributed by atoms with Crippen molar-refractivity contribution in [3.63, 3.8) is 0 Å². The first kappa shape index (κ1) is 27.9. The van der Waals surface area contributed by atoms with Crippen LogP contribution in [0.1, 0.15) is 130 Å². The third kappa shape index (κ3) is 16.2. The summed E-state index contributed by atoms with van der Waals surface area (Å²) in [6.45, 7) is 6.65. The van der Waals surface area contributed by atoms with E-state index in [1.165, 1.54) is 70.6 Å². The molecule has 1 fully saturated rings. The molecule has 31 heavy (non-hydrogen) atoms. The SMILES string of the molecule is CC/C=C\C/C=C\CCC1CCC(CC/C=C\CCCCCC(=O)CCC(C)CC)C1. The molecule has 1 saturated carbocycles. The number of Topliss-reactive ketones (excluding diaryl/α,β-unsaturated/α-hetero) is 1. The Balaban J connectivity index is 1.93. The van der Waals surface area contributed by atoms with Crippen LogP contribution in [0, 0.1) is 17.8 Å². The highest BCUT2D eigenvalue weighted by Crippen LogP contribution is 2.36. The summed E-state index contributed by atoms with van der Waals surface area (Å²) in [6.07, 6.45) is 34.5. The van der Waals surface area contributed by atoms with E-state index < -0.39 is 0 Å². The zero-order valence-corrected chi connectivity index (χ0v) is 21.1. The van der Waals surface area contributed by atoms with Crippen molar-refractivity contribution in [3.05, 3.63) is 36.5 Å². The van der Waals surface area contributed by atoms with Crippen molar-refractivity contribution in [1.29, 1.82) is 0 Å². The van der Waals surface area contributed by atoms with E-state index in [9.17, 15) is 4.79 Å². The molecule has 1 aliphatic rings. The summed E-state index contributed by atoms with van der Waals surface area (Å²) in [5, 5.41) is 0. The molecule has 1 aliphatic carbocycles. The number of allylic oxidation sites excluding steroid dienone is 6. The van der Waals surface area contributed by atoms with E-state index in [1.54, 1.807) is 0 Å². The Morgan fingerprint density at radius 3 is 2.13 bits per heavy atom. The van der Waals surface area contributed by atoms with Gasteiger partial charge in [-0.15, -0.1) is 0 Å². The summed E-state index contributed by atoms with van der Waals surface area (Å²) in [5.74, 6) is 3.11. The lowest BCUT2D eigenvalue weighted by atomic mass is 9.97. The maximum Gasteiger partial charge on any atom is 0.132 e. The predicted molar refractivity (Wildman–Crippen MR) is 138 cm³/mol. The zero-order chi connectivity index (χ0) is 22.6. The van der Waals surface area contributed by atoms with Gasteiger partial charge >= 0.3 is 0 Å². The molecule has 0 amide bonds. The fourth-order valence-electron chi connectivity index (χ4n) is 4.66. The Morgan fingerprint density at radius 1 is 0.806 bits per heavy atom. The van der Waals surface area contributed by atoms with E-state index in [0.29, 0.717) is 11.7 Å². The topological polar surface area (TPSA) is 17.1 Å². The number of carbonyl (C=O) groups is 1. The average molecular weight is 429 g/mol. The van der Waals surface area contributed by atoms with Crippen LogP contribution < -0.4 is 0 Å². The molecule has 1 heteroatoms. The molecule has 0 radical (unpaired) electrons. The first-order chi connectivity index (χ1) is 15.2. The molecule has 0 saturated heterocycles. The number of hydrogen-bond acceptors (Lipinski definition) is 1.